The Balaban J connectivity index is 1.23. The summed E-state index contributed by atoms with van der Waals surface area (Å²) in [5.41, 5.74) is 7.62. The summed E-state index contributed by atoms with van der Waals surface area (Å²) >= 11 is 0. The van der Waals surface area contributed by atoms with Crippen LogP contribution in [-0.2, 0) is 4.79 Å². The van der Waals surface area contributed by atoms with Crippen LogP contribution in [0.2, 0.25) is 0 Å². The van der Waals surface area contributed by atoms with Crippen LogP contribution < -0.4 is 5.32 Å². The predicted octanol–water partition coefficient (Wildman–Crippen LogP) is 6.34. The highest BCUT2D eigenvalue weighted by molar-refractivity contribution is 5.98. The Morgan fingerprint density at radius 2 is 1.82 bits per heavy atom. The van der Waals surface area contributed by atoms with Gasteiger partial charge in [0.15, 0.2) is 5.82 Å². The second kappa shape index (κ2) is 9.26. The van der Waals surface area contributed by atoms with Gasteiger partial charge in [0.2, 0.25) is 5.91 Å². The van der Waals surface area contributed by atoms with Crippen molar-refractivity contribution in [1.82, 2.24) is 30.1 Å². The molecule has 6 aromatic rings. The van der Waals surface area contributed by atoms with Gasteiger partial charge in [0.1, 0.15) is 11.2 Å². The van der Waals surface area contributed by atoms with Crippen molar-refractivity contribution in [2.75, 3.05) is 5.32 Å². The summed E-state index contributed by atoms with van der Waals surface area (Å²) in [6.45, 7) is 0. The molecule has 1 aliphatic carbocycles. The number of carbonyl (C=O) groups excluding carboxylic acids is 1. The molecular weight excluding hydrogens is 478 g/mol. The van der Waals surface area contributed by atoms with Crippen LogP contribution in [0.25, 0.3) is 55.7 Å². The number of H-pyrrole nitrogens is 2. The summed E-state index contributed by atoms with van der Waals surface area (Å²) in [7, 11) is 0. The van der Waals surface area contributed by atoms with E-state index < -0.39 is 0 Å². The van der Waals surface area contributed by atoms with Gasteiger partial charge in [0.05, 0.1) is 41.6 Å². The first-order valence-electron chi connectivity index (χ1n) is 12.8. The first-order valence-corrected chi connectivity index (χ1v) is 12.8. The van der Waals surface area contributed by atoms with E-state index in [0.29, 0.717) is 17.2 Å². The topological polar surface area (TPSA) is 125 Å². The van der Waals surface area contributed by atoms with E-state index in [0.717, 1.165) is 69.9 Å². The van der Waals surface area contributed by atoms with Gasteiger partial charge in [0.25, 0.3) is 0 Å². The highest BCUT2D eigenvalue weighted by Gasteiger charge is 2.21. The van der Waals surface area contributed by atoms with Crippen molar-refractivity contribution in [3.8, 4) is 33.8 Å². The Hall–Kier alpha value is -4.79. The number of carbonyl (C=O) groups is 1. The molecule has 1 amide bonds. The van der Waals surface area contributed by atoms with Crippen molar-refractivity contribution in [2.45, 2.75) is 32.1 Å². The van der Waals surface area contributed by atoms with Crippen molar-refractivity contribution < 1.29 is 9.21 Å². The molecule has 7 rings (SSSR count). The number of nitrogens with zero attached hydrogens (tertiary/aromatic N) is 4. The second-order valence-corrected chi connectivity index (χ2v) is 9.80. The minimum absolute atomic E-state index is 0.0882. The van der Waals surface area contributed by atoms with Crippen LogP contribution in [0.1, 0.15) is 32.1 Å². The fourth-order valence-corrected chi connectivity index (χ4v) is 5.32. The Morgan fingerprint density at radius 1 is 0.921 bits per heavy atom. The standard InChI is InChI=1S/C29H25N7O2/c37-29(17-4-2-1-3-5-17)32-21-10-20(12-30-13-21)18-6-7-24-22(11-18)27(36-35-24)28-33-25-15-31-14-23(26(25)34-28)19-8-9-38-16-19/h6-17H,1-5H2,(H,32,37)(H,33,34)(H,35,36). The van der Waals surface area contributed by atoms with E-state index in [9.17, 15) is 4.79 Å². The third-order valence-corrected chi connectivity index (χ3v) is 7.33. The molecule has 38 heavy (non-hydrogen) atoms. The number of anilines is 1. The Kier molecular flexibility index (Phi) is 5.46. The van der Waals surface area contributed by atoms with Gasteiger partial charge in [-0.1, -0.05) is 25.3 Å². The highest BCUT2D eigenvalue weighted by atomic mass is 16.3. The molecule has 5 aromatic heterocycles. The normalized spacial score (nSPS) is 14.3. The van der Waals surface area contributed by atoms with E-state index in [2.05, 4.69) is 36.5 Å². The van der Waals surface area contributed by atoms with E-state index in [1.165, 1.54) is 6.42 Å². The number of imidazole rings is 1. The molecule has 9 nitrogen and oxygen atoms in total. The van der Waals surface area contributed by atoms with Gasteiger partial charge in [-0.25, -0.2) is 4.98 Å². The molecule has 1 aromatic carbocycles. The van der Waals surface area contributed by atoms with Crippen molar-refractivity contribution in [2.24, 2.45) is 5.92 Å². The molecule has 0 bridgehead atoms. The predicted molar refractivity (Wildman–Crippen MR) is 145 cm³/mol. The number of hydrogen-bond donors (Lipinski definition) is 3. The van der Waals surface area contributed by atoms with Gasteiger partial charge < -0.3 is 14.7 Å². The fourth-order valence-electron chi connectivity index (χ4n) is 5.32. The summed E-state index contributed by atoms with van der Waals surface area (Å²) in [5, 5.41) is 11.7. The lowest BCUT2D eigenvalue weighted by Gasteiger charge is -2.20. The van der Waals surface area contributed by atoms with Crippen LogP contribution in [0.3, 0.4) is 0 Å². The monoisotopic (exact) mass is 503 g/mol. The molecule has 0 unspecified atom stereocenters. The van der Waals surface area contributed by atoms with Crippen molar-refractivity contribution in [3.63, 3.8) is 0 Å². The lowest BCUT2D eigenvalue weighted by Crippen LogP contribution is -2.24. The maximum atomic E-state index is 12.8. The number of fused-ring (bicyclic) bond motifs is 2. The first kappa shape index (κ1) is 22.4. The molecule has 5 heterocycles. The number of hydrogen-bond acceptors (Lipinski definition) is 6. The van der Waals surface area contributed by atoms with E-state index in [1.54, 1.807) is 37.3 Å². The van der Waals surface area contributed by atoms with Crippen LogP contribution in [0.4, 0.5) is 5.69 Å². The largest absolute Gasteiger partial charge is 0.472 e. The molecule has 0 spiro atoms. The average Bonchev–Trinajstić information content (AvgIpc) is 3.73. The molecule has 0 radical (unpaired) electrons. The third kappa shape index (κ3) is 4.02. The summed E-state index contributed by atoms with van der Waals surface area (Å²) in [6, 6.07) is 9.95. The SMILES string of the molecule is O=C(Nc1cncc(-c2ccc3[nH]nc(-c4nc5c(-c6ccoc6)cncc5[nH]4)c3c2)c1)C1CCCCC1. The summed E-state index contributed by atoms with van der Waals surface area (Å²) in [4.78, 5) is 29.8. The Morgan fingerprint density at radius 3 is 2.68 bits per heavy atom. The van der Waals surface area contributed by atoms with Gasteiger partial charge in [-0.2, -0.15) is 5.10 Å². The van der Waals surface area contributed by atoms with Gasteiger partial charge in [-0.05, 0) is 42.7 Å². The number of amides is 1. The third-order valence-electron chi connectivity index (χ3n) is 7.33. The van der Waals surface area contributed by atoms with Crippen LogP contribution in [-0.4, -0.2) is 36.0 Å². The smallest absolute Gasteiger partial charge is 0.227 e. The maximum absolute atomic E-state index is 12.8. The molecule has 188 valence electrons. The Labute approximate surface area is 217 Å². The van der Waals surface area contributed by atoms with Gasteiger partial charge in [-0.3, -0.25) is 19.9 Å². The number of pyridine rings is 2. The molecule has 0 aliphatic heterocycles. The van der Waals surface area contributed by atoms with E-state index in [4.69, 9.17) is 9.40 Å². The molecule has 3 N–H and O–H groups in total. The number of nitrogens with one attached hydrogen (secondary N) is 3. The average molecular weight is 504 g/mol. The zero-order chi connectivity index (χ0) is 25.5. The lowest BCUT2D eigenvalue weighted by molar-refractivity contribution is -0.120. The van der Waals surface area contributed by atoms with E-state index in [-0.39, 0.29) is 11.8 Å². The molecular formula is C29H25N7O2. The fraction of sp³-hybridized carbons (Fsp3) is 0.207. The van der Waals surface area contributed by atoms with Crippen LogP contribution in [0.15, 0.2) is 72.1 Å². The summed E-state index contributed by atoms with van der Waals surface area (Å²) in [5.74, 6) is 0.823. The number of rotatable bonds is 5. The van der Waals surface area contributed by atoms with E-state index >= 15 is 0 Å². The zero-order valence-electron chi connectivity index (χ0n) is 20.6. The summed E-state index contributed by atoms with van der Waals surface area (Å²) in [6.07, 6.45) is 15.7. The van der Waals surface area contributed by atoms with Crippen LogP contribution in [0.5, 0.6) is 0 Å². The second-order valence-electron chi connectivity index (χ2n) is 9.80. The first-order chi connectivity index (χ1) is 18.7. The minimum atomic E-state index is 0.0882. The van der Waals surface area contributed by atoms with Gasteiger partial charge >= 0.3 is 0 Å². The quantitative estimate of drug-likeness (QED) is 0.252. The molecule has 9 heteroatoms. The molecule has 0 saturated heterocycles. The summed E-state index contributed by atoms with van der Waals surface area (Å²) < 4.78 is 5.26. The van der Waals surface area contributed by atoms with E-state index in [1.807, 2.05) is 24.3 Å². The number of furan rings is 1. The molecule has 1 aliphatic rings. The van der Waals surface area contributed by atoms with Crippen LogP contribution >= 0.6 is 0 Å². The number of aromatic amines is 2. The molecule has 0 atom stereocenters. The minimum Gasteiger partial charge on any atom is -0.472 e. The maximum Gasteiger partial charge on any atom is 0.227 e. The highest BCUT2D eigenvalue weighted by Crippen LogP contribution is 2.33. The number of aromatic nitrogens is 6. The number of benzene rings is 1. The molecule has 1 fully saturated rings. The lowest BCUT2D eigenvalue weighted by atomic mass is 9.88. The van der Waals surface area contributed by atoms with Crippen molar-refractivity contribution in [1.29, 1.82) is 0 Å². The van der Waals surface area contributed by atoms with Crippen molar-refractivity contribution in [3.05, 3.63) is 67.6 Å². The van der Waals surface area contributed by atoms with Gasteiger partial charge in [0, 0.05) is 40.4 Å². The Bertz CT molecular complexity index is 1760. The van der Waals surface area contributed by atoms with Crippen molar-refractivity contribution >= 4 is 33.5 Å². The molecule has 1 saturated carbocycles. The zero-order valence-corrected chi connectivity index (χ0v) is 20.6. The van der Waals surface area contributed by atoms with Crippen LogP contribution in [0, 0.1) is 5.92 Å². The van der Waals surface area contributed by atoms with Gasteiger partial charge in [-0.15, -0.1) is 0 Å².